The molecule has 3 nitrogen and oxygen atoms in total. The standard InChI is InChI=1S/C16H19BrFNO2/c1-3-6-19-9-16-11(2)7-13(21-16)10-20-15-8-12(18)4-5-14(15)17/h4-5,7-8,19H,3,6,9-10H2,1-2H3. The molecule has 0 aliphatic heterocycles. The molecule has 0 saturated heterocycles. The SMILES string of the molecule is CCCNCc1oc(COc2cc(F)ccc2Br)cc1C. The van der Waals surface area contributed by atoms with Crippen LogP contribution in [0.15, 0.2) is 33.2 Å². The molecule has 0 radical (unpaired) electrons. The predicted octanol–water partition coefficient (Wildman–Crippen LogP) is 4.57. The summed E-state index contributed by atoms with van der Waals surface area (Å²) in [5, 5.41) is 3.30. The minimum absolute atomic E-state index is 0.274. The minimum Gasteiger partial charge on any atom is -0.484 e. The lowest BCUT2D eigenvalue weighted by molar-refractivity contribution is 0.262. The van der Waals surface area contributed by atoms with E-state index in [1.54, 1.807) is 6.07 Å². The van der Waals surface area contributed by atoms with Gasteiger partial charge in [-0.2, -0.15) is 0 Å². The van der Waals surface area contributed by atoms with E-state index in [1.807, 2.05) is 13.0 Å². The summed E-state index contributed by atoms with van der Waals surface area (Å²) in [6, 6.07) is 6.31. The van der Waals surface area contributed by atoms with E-state index in [2.05, 4.69) is 28.2 Å². The Bertz CT molecular complexity index is 598. The van der Waals surface area contributed by atoms with Crippen LogP contribution in [0.25, 0.3) is 0 Å². The summed E-state index contributed by atoms with van der Waals surface area (Å²) in [6.07, 6.45) is 1.09. The maximum atomic E-state index is 13.2. The lowest BCUT2D eigenvalue weighted by Gasteiger charge is -2.06. The lowest BCUT2D eigenvalue weighted by Crippen LogP contribution is -2.13. The summed E-state index contributed by atoms with van der Waals surface area (Å²) in [6.45, 7) is 6.08. The molecule has 21 heavy (non-hydrogen) atoms. The topological polar surface area (TPSA) is 34.4 Å². The predicted molar refractivity (Wildman–Crippen MR) is 83.9 cm³/mol. The lowest BCUT2D eigenvalue weighted by atomic mass is 10.2. The van der Waals surface area contributed by atoms with Gasteiger partial charge in [-0.1, -0.05) is 6.92 Å². The summed E-state index contributed by atoms with van der Waals surface area (Å²) in [5.41, 5.74) is 1.09. The maximum absolute atomic E-state index is 13.2. The average Bonchev–Trinajstić information content (AvgIpc) is 2.81. The van der Waals surface area contributed by atoms with Crippen LogP contribution in [-0.4, -0.2) is 6.54 Å². The summed E-state index contributed by atoms with van der Waals surface area (Å²) < 4.78 is 25.3. The molecule has 1 N–H and O–H groups in total. The second-order valence-corrected chi connectivity index (χ2v) is 5.71. The zero-order chi connectivity index (χ0) is 15.2. The Morgan fingerprint density at radius 1 is 1.33 bits per heavy atom. The molecule has 0 aliphatic rings. The highest BCUT2D eigenvalue weighted by Gasteiger charge is 2.09. The van der Waals surface area contributed by atoms with Crippen molar-refractivity contribution in [1.82, 2.24) is 5.32 Å². The van der Waals surface area contributed by atoms with Gasteiger partial charge in [0.2, 0.25) is 0 Å². The van der Waals surface area contributed by atoms with Crippen LogP contribution in [0.3, 0.4) is 0 Å². The van der Waals surface area contributed by atoms with Crippen molar-refractivity contribution in [1.29, 1.82) is 0 Å². The molecule has 0 unspecified atom stereocenters. The highest BCUT2D eigenvalue weighted by atomic mass is 79.9. The van der Waals surface area contributed by atoms with Crippen molar-refractivity contribution in [3.05, 3.63) is 51.6 Å². The van der Waals surface area contributed by atoms with Gasteiger partial charge < -0.3 is 14.5 Å². The van der Waals surface area contributed by atoms with Gasteiger partial charge >= 0.3 is 0 Å². The Kier molecular flexibility index (Phi) is 5.82. The fourth-order valence-electron chi connectivity index (χ4n) is 1.95. The van der Waals surface area contributed by atoms with Crippen molar-refractivity contribution < 1.29 is 13.5 Å². The Hall–Kier alpha value is -1.33. The quantitative estimate of drug-likeness (QED) is 0.738. The third kappa shape index (κ3) is 4.58. The molecule has 1 heterocycles. The molecule has 0 saturated carbocycles. The first-order chi connectivity index (χ1) is 10.1. The van der Waals surface area contributed by atoms with Crippen molar-refractivity contribution >= 4 is 15.9 Å². The third-order valence-electron chi connectivity index (χ3n) is 3.05. The zero-order valence-electron chi connectivity index (χ0n) is 12.2. The fourth-order valence-corrected chi connectivity index (χ4v) is 2.31. The van der Waals surface area contributed by atoms with Crippen LogP contribution in [0.1, 0.15) is 30.4 Å². The highest BCUT2D eigenvalue weighted by Crippen LogP contribution is 2.27. The Balaban J connectivity index is 1.97. The molecule has 1 aromatic carbocycles. The van der Waals surface area contributed by atoms with E-state index < -0.39 is 0 Å². The number of rotatable bonds is 7. The van der Waals surface area contributed by atoms with E-state index in [1.165, 1.54) is 12.1 Å². The van der Waals surface area contributed by atoms with Gasteiger partial charge in [-0.3, -0.25) is 0 Å². The first-order valence-electron chi connectivity index (χ1n) is 6.97. The minimum atomic E-state index is -0.326. The molecule has 2 rings (SSSR count). The van der Waals surface area contributed by atoms with E-state index >= 15 is 0 Å². The number of aryl methyl sites for hydroxylation is 1. The van der Waals surface area contributed by atoms with Gasteiger partial charge in [-0.25, -0.2) is 4.39 Å². The summed E-state index contributed by atoms with van der Waals surface area (Å²) in [7, 11) is 0. The van der Waals surface area contributed by atoms with E-state index in [0.717, 1.165) is 34.5 Å². The Labute approximate surface area is 132 Å². The summed E-state index contributed by atoms with van der Waals surface area (Å²) in [5.74, 6) is 1.79. The number of halogens is 2. The van der Waals surface area contributed by atoms with Crippen LogP contribution in [0.5, 0.6) is 5.75 Å². The molecule has 0 bridgehead atoms. The van der Waals surface area contributed by atoms with Gasteiger partial charge in [0.05, 0.1) is 11.0 Å². The molecule has 0 fully saturated rings. The van der Waals surface area contributed by atoms with Crippen LogP contribution in [-0.2, 0) is 13.2 Å². The van der Waals surface area contributed by atoms with Gasteiger partial charge in [-0.05, 0) is 59.6 Å². The van der Waals surface area contributed by atoms with Crippen molar-refractivity contribution in [3.63, 3.8) is 0 Å². The normalized spacial score (nSPS) is 10.9. The molecule has 114 valence electrons. The summed E-state index contributed by atoms with van der Waals surface area (Å²) in [4.78, 5) is 0. The first kappa shape index (κ1) is 16.0. The maximum Gasteiger partial charge on any atom is 0.146 e. The van der Waals surface area contributed by atoms with E-state index in [-0.39, 0.29) is 12.4 Å². The first-order valence-corrected chi connectivity index (χ1v) is 7.76. The van der Waals surface area contributed by atoms with Crippen molar-refractivity contribution in [2.75, 3.05) is 6.54 Å². The van der Waals surface area contributed by atoms with Gasteiger partial charge in [0.1, 0.15) is 29.7 Å². The van der Waals surface area contributed by atoms with E-state index in [9.17, 15) is 4.39 Å². The molecule has 5 heteroatoms. The molecular weight excluding hydrogens is 337 g/mol. The number of nitrogens with one attached hydrogen (secondary N) is 1. The largest absolute Gasteiger partial charge is 0.484 e. The van der Waals surface area contributed by atoms with Crippen molar-refractivity contribution in [2.24, 2.45) is 0 Å². The molecule has 0 atom stereocenters. The van der Waals surface area contributed by atoms with Crippen LogP contribution >= 0.6 is 15.9 Å². The van der Waals surface area contributed by atoms with Crippen LogP contribution in [0, 0.1) is 12.7 Å². The number of hydrogen-bond acceptors (Lipinski definition) is 3. The summed E-state index contributed by atoms with van der Waals surface area (Å²) >= 11 is 3.33. The molecule has 2 aromatic rings. The average molecular weight is 356 g/mol. The molecule has 0 amide bonds. The second kappa shape index (κ2) is 7.61. The zero-order valence-corrected chi connectivity index (χ0v) is 13.8. The van der Waals surface area contributed by atoms with Crippen LogP contribution in [0.4, 0.5) is 4.39 Å². The van der Waals surface area contributed by atoms with Gasteiger partial charge in [0, 0.05) is 6.07 Å². The number of furan rings is 1. The third-order valence-corrected chi connectivity index (χ3v) is 3.70. The number of hydrogen-bond donors (Lipinski definition) is 1. The van der Waals surface area contributed by atoms with Gasteiger partial charge in [0.15, 0.2) is 0 Å². The van der Waals surface area contributed by atoms with Gasteiger partial charge in [-0.15, -0.1) is 0 Å². The molecular formula is C16H19BrFNO2. The Morgan fingerprint density at radius 2 is 2.14 bits per heavy atom. The van der Waals surface area contributed by atoms with Crippen molar-refractivity contribution in [3.8, 4) is 5.75 Å². The number of ether oxygens (including phenoxy) is 1. The van der Waals surface area contributed by atoms with E-state index in [0.29, 0.717) is 12.3 Å². The molecule has 0 aliphatic carbocycles. The Morgan fingerprint density at radius 3 is 2.90 bits per heavy atom. The van der Waals surface area contributed by atoms with E-state index in [4.69, 9.17) is 9.15 Å². The monoisotopic (exact) mass is 355 g/mol. The van der Waals surface area contributed by atoms with Crippen LogP contribution in [0.2, 0.25) is 0 Å². The second-order valence-electron chi connectivity index (χ2n) is 4.86. The van der Waals surface area contributed by atoms with Crippen molar-refractivity contribution in [2.45, 2.75) is 33.4 Å². The van der Waals surface area contributed by atoms with Gasteiger partial charge in [0.25, 0.3) is 0 Å². The molecule has 0 spiro atoms. The number of benzene rings is 1. The smallest absolute Gasteiger partial charge is 0.146 e. The molecule has 1 aromatic heterocycles. The van der Waals surface area contributed by atoms with Crippen LogP contribution < -0.4 is 10.1 Å². The highest BCUT2D eigenvalue weighted by molar-refractivity contribution is 9.10. The fraction of sp³-hybridized carbons (Fsp3) is 0.375.